The van der Waals surface area contributed by atoms with E-state index in [2.05, 4.69) is 24.1 Å². The van der Waals surface area contributed by atoms with Crippen molar-refractivity contribution in [2.75, 3.05) is 24.7 Å². The lowest BCUT2D eigenvalue weighted by atomic mass is 10.1. The average Bonchev–Trinajstić information content (AvgIpc) is 2.20. The van der Waals surface area contributed by atoms with Crippen molar-refractivity contribution >= 4 is 11.5 Å². The summed E-state index contributed by atoms with van der Waals surface area (Å²) in [4.78, 5) is 4.23. The second kappa shape index (κ2) is 5.44. The van der Waals surface area contributed by atoms with Crippen molar-refractivity contribution in [3.05, 3.63) is 12.1 Å². The standard InChI is InChI=1S/C11H19N3O/c1-8(2)6-7-13-10-5-4-9(12)11(14-10)15-3/h4-5,8H,6-7,12H2,1-3H3,(H,13,14). The van der Waals surface area contributed by atoms with Crippen LogP contribution in [-0.4, -0.2) is 18.6 Å². The largest absolute Gasteiger partial charge is 0.479 e. The Bertz CT molecular complexity index is 313. The lowest BCUT2D eigenvalue weighted by Gasteiger charge is -2.09. The molecule has 0 saturated heterocycles. The van der Waals surface area contributed by atoms with E-state index in [1.54, 1.807) is 13.2 Å². The molecule has 0 bridgehead atoms. The van der Waals surface area contributed by atoms with Crippen LogP contribution in [0.3, 0.4) is 0 Å². The van der Waals surface area contributed by atoms with Crippen LogP contribution in [0.15, 0.2) is 12.1 Å². The van der Waals surface area contributed by atoms with E-state index in [4.69, 9.17) is 10.5 Å². The fourth-order valence-corrected chi connectivity index (χ4v) is 1.20. The summed E-state index contributed by atoms with van der Waals surface area (Å²) >= 11 is 0. The molecule has 0 aliphatic carbocycles. The van der Waals surface area contributed by atoms with Gasteiger partial charge < -0.3 is 15.8 Å². The predicted octanol–water partition coefficient (Wildman–Crippen LogP) is 2.13. The van der Waals surface area contributed by atoms with Gasteiger partial charge in [0.25, 0.3) is 0 Å². The minimum Gasteiger partial charge on any atom is -0.479 e. The molecule has 0 spiro atoms. The first-order valence-corrected chi connectivity index (χ1v) is 5.18. The molecule has 1 rings (SSSR count). The van der Waals surface area contributed by atoms with Crippen LogP contribution in [0.4, 0.5) is 11.5 Å². The van der Waals surface area contributed by atoms with Gasteiger partial charge in [-0.1, -0.05) is 13.8 Å². The Hall–Kier alpha value is -1.45. The molecule has 15 heavy (non-hydrogen) atoms. The topological polar surface area (TPSA) is 60.2 Å². The number of aromatic nitrogens is 1. The van der Waals surface area contributed by atoms with Crippen LogP contribution in [0.1, 0.15) is 20.3 Å². The fourth-order valence-electron chi connectivity index (χ4n) is 1.20. The maximum atomic E-state index is 5.66. The van der Waals surface area contributed by atoms with Crippen molar-refractivity contribution in [2.24, 2.45) is 5.92 Å². The molecule has 0 unspecified atom stereocenters. The molecule has 4 heteroatoms. The van der Waals surface area contributed by atoms with Gasteiger partial charge in [0.2, 0.25) is 5.88 Å². The van der Waals surface area contributed by atoms with Gasteiger partial charge in [-0.3, -0.25) is 0 Å². The molecule has 1 aromatic heterocycles. The molecule has 1 aromatic rings. The maximum Gasteiger partial charge on any atom is 0.238 e. The number of anilines is 2. The molecule has 0 aliphatic heterocycles. The number of nitrogens with two attached hydrogens (primary N) is 1. The van der Waals surface area contributed by atoms with Gasteiger partial charge in [-0.2, -0.15) is 4.98 Å². The molecule has 3 N–H and O–H groups in total. The minimum absolute atomic E-state index is 0.476. The summed E-state index contributed by atoms with van der Waals surface area (Å²) in [6.07, 6.45) is 1.12. The van der Waals surface area contributed by atoms with Gasteiger partial charge >= 0.3 is 0 Å². The summed E-state index contributed by atoms with van der Waals surface area (Å²) in [5.74, 6) is 1.97. The van der Waals surface area contributed by atoms with E-state index in [-0.39, 0.29) is 0 Å². The molecule has 84 valence electrons. The number of rotatable bonds is 5. The smallest absolute Gasteiger partial charge is 0.238 e. The Balaban J connectivity index is 2.54. The quantitative estimate of drug-likeness (QED) is 0.780. The van der Waals surface area contributed by atoms with Crippen LogP contribution in [-0.2, 0) is 0 Å². The Morgan fingerprint density at radius 3 is 2.80 bits per heavy atom. The van der Waals surface area contributed by atoms with Crippen molar-refractivity contribution in [1.29, 1.82) is 0 Å². The number of nitrogens with zero attached hydrogens (tertiary/aromatic N) is 1. The molecule has 4 nitrogen and oxygen atoms in total. The van der Waals surface area contributed by atoms with Gasteiger partial charge in [-0.25, -0.2) is 0 Å². The lowest BCUT2D eigenvalue weighted by Crippen LogP contribution is -2.07. The third-order valence-corrected chi connectivity index (χ3v) is 2.11. The highest BCUT2D eigenvalue weighted by molar-refractivity contribution is 5.53. The third kappa shape index (κ3) is 3.65. The second-order valence-electron chi connectivity index (χ2n) is 3.90. The molecular weight excluding hydrogens is 190 g/mol. The molecule has 0 saturated carbocycles. The summed E-state index contributed by atoms with van der Waals surface area (Å²) in [5.41, 5.74) is 6.22. The van der Waals surface area contributed by atoms with E-state index in [1.807, 2.05) is 6.07 Å². The monoisotopic (exact) mass is 209 g/mol. The van der Waals surface area contributed by atoms with Crippen LogP contribution in [0.25, 0.3) is 0 Å². The summed E-state index contributed by atoms with van der Waals surface area (Å²) in [6, 6.07) is 3.65. The van der Waals surface area contributed by atoms with E-state index in [0.29, 0.717) is 17.5 Å². The summed E-state index contributed by atoms with van der Waals surface area (Å²) < 4.78 is 5.04. The van der Waals surface area contributed by atoms with Crippen LogP contribution in [0.5, 0.6) is 5.88 Å². The van der Waals surface area contributed by atoms with Crippen LogP contribution >= 0.6 is 0 Å². The number of nitrogen functional groups attached to an aromatic ring is 1. The number of methoxy groups -OCH3 is 1. The molecule has 1 heterocycles. The first-order valence-electron chi connectivity index (χ1n) is 5.18. The number of pyridine rings is 1. The van der Waals surface area contributed by atoms with Crippen LogP contribution in [0.2, 0.25) is 0 Å². The van der Waals surface area contributed by atoms with Gasteiger partial charge in [0.1, 0.15) is 5.82 Å². The van der Waals surface area contributed by atoms with Crippen molar-refractivity contribution in [2.45, 2.75) is 20.3 Å². The highest BCUT2D eigenvalue weighted by atomic mass is 16.5. The predicted molar refractivity (Wildman–Crippen MR) is 63.1 cm³/mol. The Morgan fingerprint density at radius 2 is 2.20 bits per heavy atom. The summed E-state index contributed by atoms with van der Waals surface area (Å²) in [6.45, 7) is 5.30. The first kappa shape index (κ1) is 11.6. The molecular formula is C11H19N3O. The lowest BCUT2D eigenvalue weighted by molar-refractivity contribution is 0.401. The van der Waals surface area contributed by atoms with Gasteiger partial charge in [-0.15, -0.1) is 0 Å². The Kier molecular flexibility index (Phi) is 4.21. The maximum absolute atomic E-state index is 5.66. The number of nitrogens with one attached hydrogen (secondary N) is 1. The van der Waals surface area contributed by atoms with E-state index in [0.717, 1.165) is 18.8 Å². The molecule has 0 fully saturated rings. The van der Waals surface area contributed by atoms with Crippen molar-refractivity contribution in [1.82, 2.24) is 4.98 Å². The summed E-state index contributed by atoms with van der Waals surface area (Å²) in [7, 11) is 1.57. The SMILES string of the molecule is COc1nc(NCCC(C)C)ccc1N. The van der Waals surface area contributed by atoms with Crippen LogP contribution in [0, 0.1) is 5.92 Å². The highest BCUT2D eigenvalue weighted by Gasteiger charge is 2.02. The molecule has 0 aromatic carbocycles. The molecule has 0 atom stereocenters. The van der Waals surface area contributed by atoms with Gasteiger partial charge in [0, 0.05) is 6.54 Å². The van der Waals surface area contributed by atoms with Crippen molar-refractivity contribution < 1.29 is 4.74 Å². The molecule has 0 aliphatic rings. The van der Waals surface area contributed by atoms with E-state index in [9.17, 15) is 0 Å². The number of hydrogen-bond acceptors (Lipinski definition) is 4. The van der Waals surface area contributed by atoms with E-state index in [1.165, 1.54) is 0 Å². The van der Waals surface area contributed by atoms with Gasteiger partial charge in [0.15, 0.2) is 0 Å². The fraction of sp³-hybridized carbons (Fsp3) is 0.545. The zero-order valence-corrected chi connectivity index (χ0v) is 9.58. The summed E-state index contributed by atoms with van der Waals surface area (Å²) in [5, 5.41) is 3.23. The Morgan fingerprint density at radius 1 is 1.47 bits per heavy atom. The van der Waals surface area contributed by atoms with Gasteiger partial charge in [-0.05, 0) is 24.5 Å². The zero-order valence-electron chi connectivity index (χ0n) is 9.58. The van der Waals surface area contributed by atoms with E-state index < -0.39 is 0 Å². The minimum atomic E-state index is 0.476. The normalized spacial score (nSPS) is 10.4. The van der Waals surface area contributed by atoms with Crippen molar-refractivity contribution in [3.63, 3.8) is 0 Å². The first-order chi connectivity index (χ1) is 7.13. The second-order valence-corrected chi connectivity index (χ2v) is 3.90. The number of ether oxygens (including phenoxy) is 1. The number of hydrogen-bond donors (Lipinski definition) is 2. The Labute approximate surface area is 90.8 Å². The molecule has 0 amide bonds. The third-order valence-electron chi connectivity index (χ3n) is 2.11. The van der Waals surface area contributed by atoms with E-state index >= 15 is 0 Å². The van der Waals surface area contributed by atoms with Crippen LogP contribution < -0.4 is 15.8 Å². The highest BCUT2D eigenvalue weighted by Crippen LogP contribution is 2.20. The van der Waals surface area contributed by atoms with Crippen molar-refractivity contribution in [3.8, 4) is 5.88 Å². The molecule has 0 radical (unpaired) electrons. The van der Waals surface area contributed by atoms with Gasteiger partial charge in [0.05, 0.1) is 12.8 Å². The zero-order chi connectivity index (χ0) is 11.3. The average molecular weight is 209 g/mol.